The third-order valence-corrected chi connectivity index (χ3v) is 2.45. The lowest BCUT2D eigenvalue weighted by Gasteiger charge is -2.13. The number of carbonyl (C=O) groups is 1. The number of nitro groups is 1. The number of nitro benzene ring substituents is 1. The van der Waals surface area contributed by atoms with E-state index in [1.807, 2.05) is 0 Å². The van der Waals surface area contributed by atoms with E-state index in [9.17, 15) is 19.3 Å². The van der Waals surface area contributed by atoms with Crippen LogP contribution in [0.1, 0.15) is 23.7 Å². The maximum absolute atomic E-state index is 13.0. The SMILES string of the molecule is CC[C@H](CO)NC(=O)c1cc(F)ccc1[N+](=O)[O-]. The van der Waals surface area contributed by atoms with E-state index in [0.717, 1.165) is 18.2 Å². The molecular formula is C11H13FN2O4. The van der Waals surface area contributed by atoms with Crippen LogP contribution in [0.3, 0.4) is 0 Å². The Morgan fingerprint density at radius 2 is 2.28 bits per heavy atom. The molecule has 0 unspecified atom stereocenters. The molecule has 0 aliphatic heterocycles. The highest BCUT2D eigenvalue weighted by Crippen LogP contribution is 2.19. The quantitative estimate of drug-likeness (QED) is 0.612. The van der Waals surface area contributed by atoms with Crippen molar-refractivity contribution in [1.82, 2.24) is 5.32 Å². The second-order valence-electron chi connectivity index (χ2n) is 3.68. The van der Waals surface area contributed by atoms with Crippen LogP contribution < -0.4 is 5.32 Å². The Kier molecular flexibility index (Phi) is 4.73. The van der Waals surface area contributed by atoms with E-state index in [4.69, 9.17) is 5.11 Å². The van der Waals surface area contributed by atoms with Crippen LogP contribution in [0.15, 0.2) is 18.2 Å². The van der Waals surface area contributed by atoms with Crippen molar-refractivity contribution in [3.63, 3.8) is 0 Å². The Hall–Kier alpha value is -2.02. The molecule has 1 aromatic rings. The Balaban J connectivity index is 3.03. The summed E-state index contributed by atoms with van der Waals surface area (Å²) in [4.78, 5) is 21.7. The molecule has 0 spiro atoms. The normalized spacial score (nSPS) is 11.9. The van der Waals surface area contributed by atoms with Crippen molar-refractivity contribution >= 4 is 11.6 Å². The highest BCUT2D eigenvalue weighted by molar-refractivity contribution is 5.98. The summed E-state index contributed by atoms with van der Waals surface area (Å²) in [6, 6.07) is 2.14. The second-order valence-corrected chi connectivity index (χ2v) is 3.68. The molecule has 0 fully saturated rings. The molecule has 0 bridgehead atoms. The van der Waals surface area contributed by atoms with Crippen LogP contribution in [-0.4, -0.2) is 28.6 Å². The molecule has 1 atom stereocenters. The summed E-state index contributed by atoms with van der Waals surface area (Å²) in [6.07, 6.45) is 0.464. The molecule has 0 aromatic heterocycles. The first-order valence-electron chi connectivity index (χ1n) is 5.35. The fraction of sp³-hybridized carbons (Fsp3) is 0.364. The predicted octanol–water partition coefficient (Wildman–Crippen LogP) is 1.23. The minimum absolute atomic E-state index is 0.286. The van der Waals surface area contributed by atoms with Gasteiger partial charge in [0, 0.05) is 6.07 Å². The number of amides is 1. The van der Waals surface area contributed by atoms with Crippen molar-refractivity contribution in [2.45, 2.75) is 19.4 Å². The molecule has 18 heavy (non-hydrogen) atoms. The zero-order chi connectivity index (χ0) is 13.7. The molecule has 0 saturated carbocycles. The number of benzene rings is 1. The van der Waals surface area contributed by atoms with Crippen LogP contribution in [0, 0.1) is 15.9 Å². The van der Waals surface area contributed by atoms with Gasteiger partial charge in [-0.1, -0.05) is 6.92 Å². The Morgan fingerprint density at radius 3 is 2.78 bits per heavy atom. The van der Waals surface area contributed by atoms with E-state index < -0.39 is 28.4 Å². The van der Waals surface area contributed by atoms with Gasteiger partial charge in [-0.05, 0) is 18.6 Å². The van der Waals surface area contributed by atoms with Crippen molar-refractivity contribution in [2.75, 3.05) is 6.61 Å². The third kappa shape index (κ3) is 3.24. The van der Waals surface area contributed by atoms with Crippen molar-refractivity contribution in [3.05, 3.63) is 39.7 Å². The van der Waals surface area contributed by atoms with Crippen molar-refractivity contribution in [2.24, 2.45) is 0 Å². The van der Waals surface area contributed by atoms with Crippen LogP contribution in [0.4, 0.5) is 10.1 Å². The maximum Gasteiger partial charge on any atom is 0.282 e. The van der Waals surface area contributed by atoms with E-state index in [2.05, 4.69) is 5.32 Å². The number of hydrogen-bond acceptors (Lipinski definition) is 4. The monoisotopic (exact) mass is 256 g/mol. The van der Waals surface area contributed by atoms with Gasteiger partial charge in [-0.2, -0.15) is 0 Å². The van der Waals surface area contributed by atoms with E-state index in [0.29, 0.717) is 6.42 Å². The number of hydrogen-bond donors (Lipinski definition) is 2. The van der Waals surface area contributed by atoms with Gasteiger partial charge in [-0.15, -0.1) is 0 Å². The van der Waals surface area contributed by atoms with Gasteiger partial charge in [-0.3, -0.25) is 14.9 Å². The lowest BCUT2D eigenvalue weighted by molar-refractivity contribution is -0.385. The van der Waals surface area contributed by atoms with Crippen molar-refractivity contribution < 1.29 is 19.2 Å². The minimum atomic E-state index is -0.776. The van der Waals surface area contributed by atoms with E-state index in [1.54, 1.807) is 6.92 Å². The zero-order valence-electron chi connectivity index (χ0n) is 9.72. The van der Waals surface area contributed by atoms with Gasteiger partial charge >= 0.3 is 0 Å². The summed E-state index contributed by atoms with van der Waals surface area (Å²) >= 11 is 0. The topological polar surface area (TPSA) is 92.5 Å². The molecule has 1 amide bonds. The number of carbonyl (C=O) groups excluding carboxylic acids is 1. The first-order valence-corrected chi connectivity index (χ1v) is 5.35. The van der Waals surface area contributed by atoms with E-state index in [1.165, 1.54) is 0 Å². The molecule has 0 heterocycles. The summed E-state index contributed by atoms with van der Waals surface area (Å²) < 4.78 is 13.0. The Labute approximate surface area is 103 Å². The fourth-order valence-electron chi connectivity index (χ4n) is 1.39. The number of nitrogens with zero attached hydrogens (tertiary/aromatic N) is 1. The van der Waals surface area contributed by atoms with Crippen LogP contribution >= 0.6 is 0 Å². The fourth-order valence-corrected chi connectivity index (χ4v) is 1.39. The van der Waals surface area contributed by atoms with Gasteiger partial charge in [0.2, 0.25) is 0 Å². The van der Waals surface area contributed by atoms with E-state index >= 15 is 0 Å². The summed E-state index contributed by atoms with van der Waals surface area (Å²) in [5, 5.41) is 22.0. The molecule has 1 rings (SSSR count). The van der Waals surface area contributed by atoms with Gasteiger partial charge in [0.25, 0.3) is 11.6 Å². The molecule has 0 radical (unpaired) electrons. The third-order valence-electron chi connectivity index (χ3n) is 2.45. The zero-order valence-corrected chi connectivity index (χ0v) is 9.72. The Bertz CT molecular complexity index is 460. The van der Waals surface area contributed by atoms with Crippen LogP contribution in [-0.2, 0) is 0 Å². The molecule has 98 valence electrons. The molecule has 0 aliphatic carbocycles. The highest BCUT2D eigenvalue weighted by Gasteiger charge is 2.22. The number of rotatable bonds is 5. The largest absolute Gasteiger partial charge is 0.394 e. The smallest absolute Gasteiger partial charge is 0.282 e. The highest BCUT2D eigenvalue weighted by atomic mass is 19.1. The number of aliphatic hydroxyl groups excluding tert-OH is 1. The van der Waals surface area contributed by atoms with Gasteiger partial charge < -0.3 is 10.4 Å². The van der Waals surface area contributed by atoms with Crippen molar-refractivity contribution in [3.8, 4) is 0 Å². The van der Waals surface area contributed by atoms with Crippen molar-refractivity contribution in [1.29, 1.82) is 0 Å². The van der Waals surface area contributed by atoms with Crippen LogP contribution in [0.25, 0.3) is 0 Å². The van der Waals surface area contributed by atoms with Gasteiger partial charge in [0.15, 0.2) is 0 Å². The second kappa shape index (κ2) is 6.06. The molecule has 6 nitrogen and oxygen atoms in total. The van der Waals surface area contributed by atoms with Gasteiger partial charge in [0.1, 0.15) is 11.4 Å². The maximum atomic E-state index is 13.0. The summed E-state index contributed by atoms with van der Waals surface area (Å²) in [6.45, 7) is 1.45. The number of halogens is 1. The standard InChI is InChI=1S/C11H13FN2O4/c1-2-8(6-15)13-11(16)9-5-7(12)3-4-10(9)14(17)18/h3-5,8,15H,2,6H2,1H3,(H,13,16)/t8-/m1/s1. The number of aliphatic hydroxyl groups is 1. The molecule has 2 N–H and O–H groups in total. The first-order chi connectivity index (χ1) is 8.49. The summed E-state index contributed by atoms with van der Waals surface area (Å²) in [7, 11) is 0. The molecule has 1 aromatic carbocycles. The molecule has 0 saturated heterocycles. The van der Waals surface area contributed by atoms with E-state index in [-0.39, 0.29) is 12.2 Å². The molecule has 0 aliphatic rings. The Morgan fingerprint density at radius 1 is 1.61 bits per heavy atom. The summed E-state index contributed by atoms with van der Waals surface area (Å²) in [5.41, 5.74) is -0.825. The average molecular weight is 256 g/mol. The van der Waals surface area contributed by atoms with Gasteiger partial charge in [0.05, 0.1) is 17.6 Å². The molecule has 7 heteroatoms. The van der Waals surface area contributed by atoms with Crippen LogP contribution in [0.5, 0.6) is 0 Å². The lowest BCUT2D eigenvalue weighted by Crippen LogP contribution is -2.37. The lowest BCUT2D eigenvalue weighted by atomic mass is 10.1. The minimum Gasteiger partial charge on any atom is -0.394 e. The molecular weight excluding hydrogens is 243 g/mol. The first kappa shape index (κ1) is 14.0. The predicted molar refractivity (Wildman–Crippen MR) is 61.7 cm³/mol. The van der Waals surface area contributed by atoms with Gasteiger partial charge in [-0.25, -0.2) is 4.39 Å². The summed E-state index contributed by atoms with van der Waals surface area (Å²) in [5.74, 6) is -1.51. The average Bonchev–Trinajstić information content (AvgIpc) is 2.35. The number of nitrogens with one attached hydrogen (secondary N) is 1. The van der Waals surface area contributed by atoms with Crippen LogP contribution in [0.2, 0.25) is 0 Å².